The van der Waals surface area contributed by atoms with Crippen LogP contribution in [0, 0.1) is 0 Å². The van der Waals surface area contributed by atoms with E-state index >= 15 is 0 Å². The predicted octanol–water partition coefficient (Wildman–Crippen LogP) is 16.5. The van der Waals surface area contributed by atoms with Gasteiger partial charge in [-0.25, -0.2) is 0 Å². The van der Waals surface area contributed by atoms with Crippen molar-refractivity contribution in [3.8, 4) is 0 Å². The van der Waals surface area contributed by atoms with Crippen LogP contribution in [0.2, 0.25) is 0 Å². The Morgan fingerprint density at radius 2 is 0.717 bits per heavy atom. The Morgan fingerprint density at radius 1 is 0.367 bits per heavy atom. The summed E-state index contributed by atoms with van der Waals surface area (Å²) in [6.07, 6.45) is 59.3. The Balaban J connectivity index is 4.41. The lowest BCUT2D eigenvalue weighted by atomic mass is 10.0. The molecule has 346 valence electrons. The zero-order valence-corrected chi connectivity index (χ0v) is 39.5. The summed E-state index contributed by atoms with van der Waals surface area (Å²) in [4.78, 5) is 37.9. The SMILES string of the molecule is CC/C=C\C/C=C\C/C=C\CCCC(=O)OCC(COC(=O)CCCCCCCCCCCCCCCCCC)OC(=O)CCCCCCCC/C=C\C=C/CCCCC. The monoisotopic (exact) mass is 839 g/mol. The van der Waals surface area contributed by atoms with Crippen LogP contribution in [0.15, 0.2) is 60.8 Å². The van der Waals surface area contributed by atoms with E-state index in [2.05, 4.69) is 81.5 Å². The van der Waals surface area contributed by atoms with Gasteiger partial charge in [0.2, 0.25) is 0 Å². The fourth-order valence-corrected chi connectivity index (χ4v) is 6.99. The average Bonchev–Trinajstić information content (AvgIpc) is 3.24. The van der Waals surface area contributed by atoms with E-state index in [0.29, 0.717) is 19.3 Å². The molecule has 0 aliphatic rings. The van der Waals surface area contributed by atoms with Gasteiger partial charge in [-0.1, -0.05) is 216 Å². The van der Waals surface area contributed by atoms with Crippen molar-refractivity contribution in [3.05, 3.63) is 60.8 Å². The van der Waals surface area contributed by atoms with Crippen molar-refractivity contribution < 1.29 is 28.6 Å². The first-order chi connectivity index (χ1) is 29.5. The van der Waals surface area contributed by atoms with E-state index in [4.69, 9.17) is 14.2 Å². The molecular weight excluding hydrogens is 745 g/mol. The van der Waals surface area contributed by atoms with Gasteiger partial charge >= 0.3 is 17.9 Å². The summed E-state index contributed by atoms with van der Waals surface area (Å²) in [6, 6.07) is 0. The normalized spacial score (nSPS) is 12.5. The first-order valence-electron chi connectivity index (χ1n) is 25.3. The van der Waals surface area contributed by atoms with Gasteiger partial charge in [0.1, 0.15) is 13.2 Å². The molecule has 0 aliphatic carbocycles. The second-order valence-electron chi connectivity index (χ2n) is 16.7. The summed E-state index contributed by atoms with van der Waals surface area (Å²) in [6.45, 7) is 6.44. The summed E-state index contributed by atoms with van der Waals surface area (Å²) >= 11 is 0. The van der Waals surface area contributed by atoms with E-state index in [-0.39, 0.29) is 37.5 Å². The fourth-order valence-electron chi connectivity index (χ4n) is 6.99. The van der Waals surface area contributed by atoms with Gasteiger partial charge in [-0.15, -0.1) is 0 Å². The molecule has 0 aromatic carbocycles. The molecule has 1 atom stereocenters. The average molecular weight is 839 g/mol. The van der Waals surface area contributed by atoms with Gasteiger partial charge in [0.25, 0.3) is 0 Å². The highest BCUT2D eigenvalue weighted by molar-refractivity contribution is 5.71. The number of hydrogen-bond acceptors (Lipinski definition) is 6. The molecule has 0 fully saturated rings. The topological polar surface area (TPSA) is 78.9 Å². The van der Waals surface area contributed by atoms with Crippen LogP contribution in [0.25, 0.3) is 0 Å². The van der Waals surface area contributed by atoms with E-state index in [0.717, 1.165) is 77.0 Å². The number of allylic oxidation sites excluding steroid dienone is 10. The molecule has 0 N–H and O–H groups in total. The smallest absolute Gasteiger partial charge is 0.306 e. The van der Waals surface area contributed by atoms with Gasteiger partial charge in [-0.2, -0.15) is 0 Å². The maximum Gasteiger partial charge on any atom is 0.306 e. The van der Waals surface area contributed by atoms with Crippen molar-refractivity contribution in [2.75, 3.05) is 13.2 Å². The first kappa shape index (κ1) is 57.1. The van der Waals surface area contributed by atoms with Gasteiger partial charge in [0, 0.05) is 19.3 Å². The van der Waals surface area contributed by atoms with Crippen LogP contribution in [0.1, 0.15) is 245 Å². The summed E-state index contributed by atoms with van der Waals surface area (Å²) in [5, 5.41) is 0. The predicted molar refractivity (Wildman–Crippen MR) is 256 cm³/mol. The standard InChI is InChI=1S/C54H94O6/c1-4-7-10-13-16-19-22-24-26-28-29-32-35-38-41-44-47-53(56)59-50-51(49-58-52(55)46-43-40-37-34-31-21-18-15-12-9-6-3)60-54(57)48-45-42-39-36-33-30-27-25-23-20-17-14-11-8-5-2/h9,12,17-18,20-21,23,25,34,37,51H,4-8,10-11,13-16,19,22,24,26-33,35-36,38-50H2,1-3H3/b12-9-,20-17-,21-18-,25-23-,37-34-. The maximum atomic E-state index is 12.8. The number of carbonyl (C=O) groups excluding carboxylic acids is 3. The van der Waals surface area contributed by atoms with Gasteiger partial charge < -0.3 is 14.2 Å². The maximum absolute atomic E-state index is 12.8. The number of carbonyl (C=O) groups is 3. The van der Waals surface area contributed by atoms with E-state index in [1.165, 1.54) is 122 Å². The molecule has 0 radical (unpaired) electrons. The van der Waals surface area contributed by atoms with Crippen LogP contribution in [-0.2, 0) is 28.6 Å². The fraction of sp³-hybridized carbons (Fsp3) is 0.759. The van der Waals surface area contributed by atoms with Gasteiger partial charge in [0.05, 0.1) is 0 Å². The van der Waals surface area contributed by atoms with E-state index in [1.807, 2.05) is 0 Å². The summed E-state index contributed by atoms with van der Waals surface area (Å²) in [7, 11) is 0. The molecule has 0 rings (SSSR count). The number of unbranched alkanes of at least 4 members (excludes halogenated alkanes) is 25. The van der Waals surface area contributed by atoms with Gasteiger partial charge in [-0.3, -0.25) is 14.4 Å². The summed E-state index contributed by atoms with van der Waals surface area (Å²) in [5.41, 5.74) is 0. The number of rotatable bonds is 45. The highest BCUT2D eigenvalue weighted by atomic mass is 16.6. The molecular formula is C54H94O6. The van der Waals surface area contributed by atoms with E-state index < -0.39 is 6.10 Å². The zero-order chi connectivity index (χ0) is 43.7. The highest BCUT2D eigenvalue weighted by Gasteiger charge is 2.19. The zero-order valence-electron chi connectivity index (χ0n) is 39.5. The lowest BCUT2D eigenvalue weighted by Gasteiger charge is -2.18. The van der Waals surface area contributed by atoms with Crippen molar-refractivity contribution >= 4 is 17.9 Å². The molecule has 0 amide bonds. The second-order valence-corrected chi connectivity index (χ2v) is 16.7. The third-order valence-corrected chi connectivity index (χ3v) is 10.8. The lowest BCUT2D eigenvalue weighted by molar-refractivity contribution is -0.167. The molecule has 0 bridgehead atoms. The van der Waals surface area contributed by atoms with Gasteiger partial charge in [-0.05, 0) is 70.6 Å². The second kappa shape index (κ2) is 48.8. The Labute approximate surface area is 370 Å². The number of ether oxygens (including phenoxy) is 3. The minimum absolute atomic E-state index is 0.0930. The minimum atomic E-state index is -0.797. The van der Waals surface area contributed by atoms with Crippen LogP contribution < -0.4 is 0 Å². The van der Waals surface area contributed by atoms with E-state index in [1.54, 1.807) is 0 Å². The van der Waals surface area contributed by atoms with Crippen LogP contribution in [0.3, 0.4) is 0 Å². The number of hydrogen-bond donors (Lipinski definition) is 0. The first-order valence-corrected chi connectivity index (χ1v) is 25.3. The van der Waals surface area contributed by atoms with Crippen molar-refractivity contribution in [2.24, 2.45) is 0 Å². The minimum Gasteiger partial charge on any atom is -0.462 e. The summed E-state index contributed by atoms with van der Waals surface area (Å²) in [5.74, 6) is -0.958. The Morgan fingerprint density at radius 3 is 1.20 bits per heavy atom. The Kier molecular flexibility index (Phi) is 46.4. The van der Waals surface area contributed by atoms with Crippen LogP contribution in [-0.4, -0.2) is 37.2 Å². The Hall–Kier alpha value is -2.89. The molecule has 0 aromatic heterocycles. The Bertz CT molecular complexity index is 1100. The molecule has 6 nitrogen and oxygen atoms in total. The lowest BCUT2D eigenvalue weighted by Crippen LogP contribution is -2.30. The molecule has 60 heavy (non-hydrogen) atoms. The molecule has 0 heterocycles. The molecule has 0 aromatic rings. The van der Waals surface area contributed by atoms with Crippen molar-refractivity contribution in [1.82, 2.24) is 0 Å². The molecule has 0 aliphatic heterocycles. The van der Waals surface area contributed by atoms with Crippen molar-refractivity contribution in [1.29, 1.82) is 0 Å². The van der Waals surface area contributed by atoms with Crippen LogP contribution in [0.5, 0.6) is 0 Å². The third kappa shape index (κ3) is 46.2. The molecule has 1 unspecified atom stereocenters. The van der Waals surface area contributed by atoms with Crippen LogP contribution in [0.4, 0.5) is 0 Å². The molecule has 0 spiro atoms. The largest absolute Gasteiger partial charge is 0.462 e. The van der Waals surface area contributed by atoms with Gasteiger partial charge in [0.15, 0.2) is 6.10 Å². The third-order valence-electron chi connectivity index (χ3n) is 10.8. The molecule has 6 heteroatoms. The molecule has 0 saturated carbocycles. The van der Waals surface area contributed by atoms with Crippen molar-refractivity contribution in [2.45, 2.75) is 252 Å². The van der Waals surface area contributed by atoms with Crippen molar-refractivity contribution in [3.63, 3.8) is 0 Å². The van der Waals surface area contributed by atoms with E-state index in [9.17, 15) is 14.4 Å². The highest BCUT2D eigenvalue weighted by Crippen LogP contribution is 2.15. The summed E-state index contributed by atoms with van der Waals surface area (Å²) < 4.78 is 16.7. The molecule has 0 saturated heterocycles. The van der Waals surface area contributed by atoms with Crippen LogP contribution >= 0.6 is 0 Å². The quantitative estimate of drug-likeness (QED) is 0.0200. The number of esters is 3.